The first-order valence-electron chi connectivity index (χ1n) is 7.50. The average molecular weight is 356 g/mol. The number of hydrogen-bond donors (Lipinski definition) is 1. The highest BCUT2D eigenvalue weighted by atomic mass is 16.6. The number of nitro groups is 2. The van der Waals surface area contributed by atoms with Crippen molar-refractivity contribution in [3.05, 3.63) is 90.3 Å². The molecule has 0 bridgehead atoms. The van der Waals surface area contributed by atoms with Gasteiger partial charge in [0.15, 0.2) is 0 Å². The number of fused-ring (bicyclic) bond motifs is 1. The van der Waals surface area contributed by atoms with Gasteiger partial charge in [-0.1, -0.05) is 30.3 Å². The van der Waals surface area contributed by atoms with Crippen molar-refractivity contribution < 1.29 is 19.4 Å². The smallest absolute Gasteiger partial charge is 0.344 e. The van der Waals surface area contributed by atoms with Crippen molar-refractivity contribution in [2.24, 2.45) is 0 Å². The van der Waals surface area contributed by atoms with Gasteiger partial charge in [0.1, 0.15) is 11.3 Å². The molecule has 1 N–H and O–H groups in total. The Bertz CT molecular complexity index is 1070. The fraction of sp³-hybridized carbons (Fsp3) is 0.118. The molecule has 0 aliphatic carbocycles. The van der Waals surface area contributed by atoms with Gasteiger partial charge in [0.05, 0.1) is 21.8 Å². The fourth-order valence-corrected chi connectivity index (χ4v) is 2.90. The van der Waals surface area contributed by atoms with E-state index in [9.17, 15) is 30.1 Å². The van der Waals surface area contributed by atoms with E-state index in [4.69, 9.17) is 4.42 Å². The SMILES string of the molecule is O=c1oc2ccccc2c(O)c1C(C[N+](=O)[O-])c1ccccc1[N+](=O)[O-]. The predicted octanol–water partition coefficient (Wildman–Crippen LogP) is 2.82. The Kier molecular flexibility index (Phi) is 4.36. The largest absolute Gasteiger partial charge is 0.507 e. The molecular formula is C17H12N2O7. The number of nitro benzene ring substituents is 1. The van der Waals surface area contributed by atoms with E-state index >= 15 is 0 Å². The van der Waals surface area contributed by atoms with E-state index in [1.165, 1.54) is 36.4 Å². The average Bonchev–Trinajstić information content (AvgIpc) is 2.60. The van der Waals surface area contributed by atoms with E-state index in [0.717, 1.165) is 0 Å². The number of nitrogens with zero attached hydrogens (tertiary/aromatic N) is 2. The second-order valence-corrected chi connectivity index (χ2v) is 5.53. The predicted molar refractivity (Wildman–Crippen MR) is 90.9 cm³/mol. The molecular weight excluding hydrogens is 344 g/mol. The summed E-state index contributed by atoms with van der Waals surface area (Å²) >= 11 is 0. The minimum Gasteiger partial charge on any atom is -0.507 e. The molecule has 9 heteroatoms. The molecule has 3 rings (SSSR count). The first-order chi connectivity index (χ1) is 12.4. The summed E-state index contributed by atoms with van der Waals surface area (Å²) in [5.74, 6) is -1.82. The molecule has 3 aromatic rings. The van der Waals surface area contributed by atoms with Crippen LogP contribution in [0.3, 0.4) is 0 Å². The molecule has 0 amide bonds. The lowest BCUT2D eigenvalue weighted by Crippen LogP contribution is -2.21. The van der Waals surface area contributed by atoms with E-state index < -0.39 is 33.7 Å². The zero-order valence-electron chi connectivity index (χ0n) is 13.2. The van der Waals surface area contributed by atoms with Crippen LogP contribution in [0, 0.1) is 20.2 Å². The Labute approximate surface area is 145 Å². The summed E-state index contributed by atoms with van der Waals surface area (Å²) in [6, 6.07) is 11.5. The lowest BCUT2D eigenvalue weighted by Gasteiger charge is -2.15. The third kappa shape index (κ3) is 2.97. The summed E-state index contributed by atoms with van der Waals surface area (Å²) in [4.78, 5) is 33.5. The molecule has 0 aliphatic heterocycles. The molecule has 1 aromatic heterocycles. The molecule has 2 aromatic carbocycles. The van der Waals surface area contributed by atoms with E-state index in [2.05, 4.69) is 0 Å². The van der Waals surface area contributed by atoms with Gasteiger partial charge in [-0.2, -0.15) is 0 Å². The lowest BCUT2D eigenvalue weighted by molar-refractivity contribution is -0.482. The zero-order chi connectivity index (χ0) is 18.8. The summed E-state index contributed by atoms with van der Waals surface area (Å²) < 4.78 is 5.15. The minimum atomic E-state index is -1.34. The van der Waals surface area contributed by atoms with Gasteiger partial charge in [-0.05, 0) is 12.1 Å². The van der Waals surface area contributed by atoms with Crippen LogP contribution in [0.4, 0.5) is 5.69 Å². The number of hydrogen-bond acceptors (Lipinski definition) is 7. The van der Waals surface area contributed by atoms with Crippen LogP contribution < -0.4 is 5.63 Å². The standard InChI is InChI=1S/C17H12N2O7/c20-16-11-6-2-4-8-14(11)26-17(21)15(16)12(9-18(22)23)10-5-1-3-7-13(10)19(24)25/h1-8,12,20H,9H2. The lowest BCUT2D eigenvalue weighted by atomic mass is 9.90. The first kappa shape index (κ1) is 17.1. The van der Waals surface area contributed by atoms with Crippen molar-refractivity contribution in [2.45, 2.75) is 5.92 Å². The van der Waals surface area contributed by atoms with Crippen molar-refractivity contribution in [3.63, 3.8) is 0 Å². The van der Waals surface area contributed by atoms with Crippen molar-refractivity contribution in [3.8, 4) is 5.75 Å². The molecule has 0 aliphatic rings. The van der Waals surface area contributed by atoms with Crippen molar-refractivity contribution in [1.82, 2.24) is 0 Å². The number of benzene rings is 2. The van der Waals surface area contributed by atoms with Gasteiger partial charge >= 0.3 is 5.63 Å². The van der Waals surface area contributed by atoms with Crippen LogP contribution in [0.1, 0.15) is 17.0 Å². The topological polar surface area (TPSA) is 137 Å². The van der Waals surface area contributed by atoms with Gasteiger partial charge in [-0.25, -0.2) is 4.79 Å². The molecule has 0 spiro atoms. The van der Waals surface area contributed by atoms with E-state index in [1.807, 2.05) is 0 Å². The number of aromatic hydroxyl groups is 1. The van der Waals surface area contributed by atoms with E-state index in [1.54, 1.807) is 12.1 Å². The Hall–Kier alpha value is -3.75. The second-order valence-electron chi connectivity index (χ2n) is 5.53. The highest BCUT2D eigenvalue weighted by Crippen LogP contribution is 2.37. The Morgan fingerprint density at radius 2 is 1.69 bits per heavy atom. The maximum absolute atomic E-state index is 12.4. The molecule has 1 heterocycles. The Balaban J connectivity index is 2.32. The molecule has 0 saturated carbocycles. The van der Waals surface area contributed by atoms with Gasteiger partial charge in [0.2, 0.25) is 6.54 Å². The van der Waals surface area contributed by atoms with E-state index in [-0.39, 0.29) is 27.8 Å². The van der Waals surface area contributed by atoms with Crippen molar-refractivity contribution in [1.29, 1.82) is 0 Å². The summed E-state index contributed by atoms with van der Waals surface area (Å²) in [5, 5.41) is 33.2. The normalized spacial score (nSPS) is 12.0. The van der Waals surface area contributed by atoms with Crippen LogP contribution in [-0.4, -0.2) is 21.5 Å². The van der Waals surface area contributed by atoms with Crippen LogP contribution in [0.15, 0.2) is 57.7 Å². The molecule has 1 unspecified atom stereocenters. The molecule has 0 radical (unpaired) electrons. The van der Waals surface area contributed by atoms with Gasteiger partial charge in [0.25, 0.3) is 5.69 Å². The molecule has 0 saturated heterocycles. The van der Waals surface area contributed by atoms with Gasteiger partial charge in [-0.15, -0.1) is 0 Å². The van der Waals surface area contributed by atoms with E-state index in [0.29, 0.717) is 0 Å². The van der Waals surface area contributed by atoms with Crippen molar-refractivity contribution >= 4 is 16.7 Å². The summed E-state index contributed by atoms with van der Waals surface area (Å²) in [5.41, 5.74) is -1.68. The summed E-state index contributed by atoms with van der Waals surface area (Å²) in [7, 11) is 0. The van der Waals surface area contributed by atoms with Crippen LogP contribution >= 0.6 is 0 Å². The maximum Gasteiger partial charge on any atom is 0.344 e. The molecule has 26 heavy (non-hydrogen) atoms. The van der Waals surface area contributed by atoms with Crippen LogP contribution in [0.5, 0.6) is 5.75 Å². The van der Waals surface area contributed by atoms with Gasteiger partial charge < -0.3 is 9.52 Å². The summed E-state index contributed by atoms with van der Waals surface area (Å²) in [6.45, 7) is -0.818. The van der Waals surface area contributed by atoms with Gasteiger partial charge in [-0.3, -0.25) is 20.2 Å². The minimum absolute atomic E-state index is 0.0490. The third-order valence-corrected chi connectivity index (χ3v) is 4.01. The highest BCUT2D eigenvalue weighted by Gasteiger charge is 2.33. The fourth-order valence-electron chi connectivity index (χ4n) is 2.90. The monoisotopic (exact) mass is 356 g/mol. The van der Waals surface area contributed by atoms with Crippen LogP contribution in [0.2, 0.25) is 0 Å². The highest BCUT2D eigenvalue weighted by molar-refractivity contribution is 5.84. The summed E-state index contributed by atoms with van der Waals surface area (Å²) in [6.07, 6.45) is 0. The molecule has 132 valence electrons. The van der Waals surface area contributed by atoms with Crippen LogP contribution in [0.25, 0.3) is 11.0 Å². The van der Waals surface area contributed by atoms with Crippen molar-refractivity contribution in [2.75, 3.05) is 6.54 Å². The number of para-hydroxylation sites is 2. The van der Waals surface area contributed by atoms with Gasteiger partial charge in [0, 0.05) is 16.6 Å². The Morgan fingerprint density at radius 1 is 1.04 bits per heavy atom. The van der Waals surface area contributed by atoms with Crippen LogP contribution in [-0.2, 0) is 0 Å². The number of rotatable bonds is 5. The second kappa shape index (κ2) is 6.63. The molecule has 1 atom stereocenters. The zero-order valence-corrected chi connectivity index (χ0v) is 13.2. The Morgan fingerprint density at radius 3 is 2.38 bits per heavy atom. The quantitative estimate of drug-likeness (QED) is 0.421. The third-order valence-electron chi connectivity index (χ3n) is 4.01. The maximum atomic E-state index is 12.4. The molecule has 0 fully saturated rings. The first-order valence-corrected chi connectivity index (χ1v) is 7.50. The molecule has 9 nitrogen and oxygen atoms in total.